The van der Waals surface area contributed by atoms with Crippen LogP contribution in [0.2, 0.25) is 0 Å². The maximum atomic E-state index is 3.71. The molecule has 0 unspecified atom stereocenters. The Morgan fingerprint density at radius 2 is 2.10 bits per heavy atom. The van der Waals surface area contributed by atoms with Crippen LogP contribution >= 0.6 is 0 Å². The zero-order chi connectivity index (χ0) is 7.82. The molecule has 1 nitrogen and oxygen atoms in total. The molecule has 10 heavy (non-hydrogen) atoms. The first kappa shape index (κ1) is 9.41. The summed E-state index contributed by atoms with van der Waals surface area (Å²) in [7, 11) is 0. The van der Waals surface area contributed by atoms with Gasteiger partial charge in [0.05, 0.1) is 0 Å². The summed E-state index contributed by atoms with van der Waals surface area (Å²) in [4.78, 5) is 0. The van der Waals surface area contributed by atoms with Gasteiger partial charge in [-0.1, -0.05) is 13.3 Å². The van der Waals surface area contributed by atoms with Crippen LogP contribution in [0.5, 0.6) is 0 Å². The Bertz CT molecular complexity index is 114. The molecule has 0 aromatic carbocycles. The van der Waals surface area contributed by atoms with Gasteiger partial charge in [0.25, 0.3) is 0 Å². The van der Waals surface area contributed by atoms with Crippen LogP contribution in [0.15, 0.2) is 12.8 Å². The van der Waals surface area contributed by atoms with Crippen LogP contribution in [0.1, 0.15) is 33.1 Å². The molecule has 0 bridgehead atoms. The fourth-order valence-corrected chi connectivity index (χ4v) is 0.870. The zero-order valence-electron chi connectivity index (χ0n) is 7.14. The van der Waals surface area contributed by atoms with Crippen molar-refractivity contribution in [2.75, 3.05) is 6.54 Å². The Hall–Kier alpha value is -0.590. The molecule has 0 saturated carbocycles. The molecule has 1 heteroatoms. The second kappa shape index (κ2) is 6.53. The van der Waals surface area contributed by atoms with Gasteiger partial charge in [0, 0.05) is 13.3 Å². The van der Waals surface area contributed by atoms with Gasteiger partial charge in [-0.3, -0.25) is 0 Å². The van der Waals surface area contributed by atoms with E-state index < -0.39 is 0 Å². The molecule has 0 aromatic rings. The van der Waals surface area contributed by atoms with Crippen LogP contribution in [0.25, 0.3) is 0 Å². The van der Waals surface area contributed by atoms with Gasteiger partial charge in [0.15, 0.2) is 6.20 Å². The molecule has 0 aliphatic heterocycles. The lowest BCUT2D eigenvalue weighted by atomic mass is 10.2. The third kappa shape index (κ3) is 4.30. The van der Waals surface area contributed by atoms with Crippen LogP contribution in [0, 0.1) is 0 Å². The van der Waals surface area contributed by atoms with Crippen molar-refractivity contribution in [2.24, 2.45) is 0 Å². The second-order valence-corrected chi connectivity index (χ2v) is 2.39. The minimum absolute atomic E-state index is 1.12. The fourth-order valence-electron chi connectivity index (χ4n) is 0.870. The Morgan fingerprint density at radius 1 is 1.40 bits per heavy atom. The van der Waals surface area contributed by atoms with E-state index in [-0.39, 0.29) is 0 Å². The smallest absolute Gasteiger partial charge is 0.161 e. The van der Waals surface area contributed by atoms with Crippen molar-refractivity contribution in [3.05, 3.63) is 12.8 Å². The lowest BCUT2D eigenvalue weighted by Crippen LogP contribution is -2.05. The average molecular weight is 140 g/mol. The van der Waals surface area contributed by atoms with Crippen molar-refractivity contribution in [3.63, 3.8) is 0 Å². The number of nitrogens with zero attached hydrogens (tertiary/aromatic N) is 1. The first-order valence-corrected chi connectivity index (χ1v) is 4.03. The van der Waals surface area contributed by atoms with Crippen molar-refractivity contribution in [1.82, 2.24) is 0 Å². The lowest BCUT2D eigenvalue weighted by molar-refractivity contribution is -0.452. The first-order valence-electron chi connectivity index (χ1n) is 4.03. The Labute approximate surface area is 64.1 Å². The second-order valence-electron chi connectivity index (χ2n) is 2.39. The van der Waals surface area contributed by atoms with Gasteiger partial charge in [0.1, 0.15) is 12.8 Å². The molecule has 0 atom stereocenters. The summed E-state index contributed by atoms with van der Waals surface area (Å²) in [5.74, 6) is 0. The molecule has 0 aliphatic carbocycles. The summed E-state index contributed by atoms with van der Waals surface area (Å²) >= 11 is 0. The highest BCUT2D eigenvalue weighted by atomic mass is 15.0. The number of hydrogen-bond acceptors (Lipinski definition) is 0. The van der Waals surface area contributed by atoms with Crippen LogP contribution in [0.4, 0.5) is 0 Å². The van der Waals surface area contributed by atoms with E-state index in [1.165, 1.54) is 19.3 Å². The van der Waals surface area contributed by atoms with Crippen LogP contribution < -0.4 is 0 Å². The van der Waals surface area contributed by atoms with Crippen molar-refractivity contribution < 1.29 is 4.58 Å². The van der Waals surface area contributed by atoms with E-state index in [1.807, 2.05) is 13.1 Å². The summed E-state index contributed by atoms with van der Waals surface area (Å²) in [5, 5.41) is 0. The molecule has 0 spiro atoms. The number of hydrogen-bond donors (Lipinski definition) is 0. The predicted molar refractivity (Wildman–Crippen MR) is 46.6 cm³/mol. The molecule has 0 N–H and O–H groups in total. The molecule has 0 amide bonds. The maximum Gasteiger partial charge on any atom is 0.161 e. The Kier molecular flexibility index (Phi) is 6.14. The van der Waals surface area contributed by atoms with E-state index in [0.29, 0.717) is 0 Å². The van der Waals surface area contributed by atoms with Crippen molar-refractivity contribution >= 4 is 6.21 Å². The predicted octanol–water partition coefficient (Wildman–Crippen LogP) is 2.42. The summed E-state index contributed by atoms with van der Waals surface area (Å²) < 4.78 is 2.12. The highest BCUT2D eigenvalue weighted by Gasteiger charge is 1.94. The van der Waals surface area contributed by atoms with E-state index in [1.54, 1.807) is 0 Å². The fraction of sp³-hybridized carbons (Fsp3) is 0.667. The van der Waals surface area contributed by atoms with Crippen LogP contribution in [0.3, 0.4) is 0 Å². The molecule has 0 fully saturated rings. The van der Waals surface area contributed by atoms with E-state index in [0.717, 1.165) is 6.54 Å². The molecular weight excluding hydrogens is 122 g/mol. The van der Waals surface area contributed by atoms with Gasteiger partial charge in [-0.05, 0) is 13.0 Å². The van der Waals surface area contributed by atoms with Crippen molar-refractivity contribution in [2.45, 2.75) is 33.1 Å². The van der Waals surface area contributed by atoms with Crippen LogP contribution in [-0.2, 0) is 0 Å². The minimum Gasteiger partial charge on any atom is -0.210 e. The number of rotatable bonds is 5. The summed E-state index contributed by atoms with van der Waals surface area (Å²) in [6.45, 7) is 9.08. The van der Waals surface area contributed by atoms with E-state index in [4.69, 9.17) is 0 Å². The van der Waals surface area contributed by atoms with Gasteiger partial charge in [0.2, 0.25) is 0 Å². The Balaban J connectivity index is 3.36. The molecule has 0 radical (unpaired) electrons. The average Bonchev–Trinajstić information content (AvgIpc) is 1.99. The molecule has 0 heterocycles. The van der Waals surface area contributed by atoms with Gasteiger partial charge < -0.3 is 0 Å². The highest BCUT2D eigenvalue weighted by molar-refractivity contribution is 5.46. The number of unbranched alkanes of at least 4 members (excludes halogenated alkanes) is 2. The van der Waals surface area contributed by atoms with Crippen molar-refractivity contribution in [1.29, 1.82) is 0 Å². The monoisotopic (exact) mass is 140 g/mol. The molecule has 0 aromatic heterocycles. The van der Waals surface area contributed by atoms with Crippen LogP contribution in [-0.4, -0.2) is 17.3 Å². The highest BCUT2D eigenvalue weighted by Crippen LogP contribution is 1.93. The first-order chi connectivity index (χ1) is 4.85. The van der Waals surface area contributed by atoms with E-state index in [9.17, 15) is 0 Å². The topological polar surface area (TPSA) is 3.01 Å². The lowest BCUT2D eigenvalue weighted by Gasteiger charge is -1.94. The van der Waals surface area contributed by atoms with E-state index in [2.05, 4.69) is 24.3 Å². The minimum atomic E-state index is 1.12. The largest absolute Gasteiger partial charge is 0.210 e. The van der Waals surface area contributed by atoms with Gasteiger partial charge >= 0.3 is 0 Å². The molecule has 0 aliphatic rings. The van der Waals surface area contributed by atoms with Gasteiger partial charge in [-0.25, -0.2) is 4.58 Å². The Morgan fingerprint density at radius 3 is 2.50 bits per heavy atom. The van der Waals surface area contributed by atoms with Gasteiger partial charge in [-0.2, -0.15) is 0 Å². The molecule has 0 rings (SSSR count). The SMILES string of the molecule is C=C[N+](=CC)CCCCC. The third-order valence-corrected chi connectivity index (χ3v) is 1.59. The van der Waals surface area contributed by atoms with Gasteiger partial charge in [-0.15, -0.1) is 0 Å². The maximum absolute atomic E-state index is 3.71. The van der Waals surface area contributed by atoms with E-state index >= 15 is 0 Å². The summed E-state index contributed by atoms with van der Waals surface area (Å²) in [5.41, 5.74) is 0. The zero-order valence-corrected chi connectivity index (χ0v) is 7.14. The van der Waals surface area contributed by atoms with Crippen molar-refractivity contribution in [3.8, 4) is 0 Å². The molecule has 0 saturated heterocycles. The normalized spacial score (nSPS) is 11.6. The molecule has 58 valence electrons. The standard InChI is InChI=1S/C9H18N/c1-4-7-8-9-10(5-2)6-3/h5-6H,2,4,7-9H2,1,3H3/q+1. The summed E-state index contributed by atoms with van der Waals surface area (Å²) in [6, 6.07) is 0. The summed E-state index contributed by atoms with van der Waals surface area (Å²) in [6.07, 6.45) is 7.80. The quantitative estimate of drug-likeness (QED) is 0.313. The molecular formula is C9H18N+. The third-order valence-electron chi connectivity index (χ3n) is 1.59.